The average molecular weight is 357 g/mol. The third-order valence-electron chi connectivity index (χ3n) is 5.24. The molecule has 2 aromatic heterocycles. The van der Waals surface area contributed by atoms with E-state index in [1.54, 1.807) is 6.20 Å². The van der Waals surface area contributed by atoms with Gasteiger partial charge in [0, 0.05) is 19.3 Å². The van der Waals surface area contributed by atoms with Gasteiger partial charge in [-0.25, -0.2) is 4.98 Å². The fraction of sp³-hybridized carbons (Fsp3) is 0.474. The van der Waals surface area contributed by atoms with Gasteiger partial charge in [0.1, 0.15) is 5.82 Å². The SMILES string of the molecule is Cc1ccsc1C(=O)N1CCC2(CC1)C[C@@H](Nc1ccccn1)CO2. The Morgan fingerprint density at radius 3 is 2.88 bits per heavy atom. The molecule has 0 bridgehead atoms. The predicted molar refractivity (Wildman–Crippen MR) is 99.1 cm³/mol. The molecule has 0 aliphatic carbocycles. The maximum atomic E-state index is 12.7. The number of nitrogens with one attached hydrogen (secondary N) is 1. The third kappa shape index (κ3) is 3.41. The molecule has 0 radical (unpaired) electrons. The van der Waals surface area contributed by atoms with Crippen LogP contribution in [0.3, 0.4) is 0 Å². The van der Waals surface area contributed by atoms with Crippen molar-refractivity contribution < 1.29 is 9.53 Å². The summed E-state index contributed by atoms with van der Waals surface area (Å²) in [6.45, 7) is 4.25. The summed E-state index contributed by atoms with van der Waals surface area (Å²) in [6.07, 6.45) is 4.58. The molecule has 2 fully saturated rings. The Hall–Kier alpha value is -1.92. The molecular weight excluding hydrogens is 334 g/mol. The third-order valence-corrected chi connectivity index (χ3v) is 6.25. The van der Waals surface area contributed by atoms with Crippen molar-refractivity contribution in [2.45, 2.75) is 37.8 Å². The van der Waals surface area contributed by atoms with Crippen molar-refractivity contribution in [3.05, 3.63) is 46.3 Å². The lowest BCUT2D eigenvalue weighted by Gasteiger charge is -2.38. The lowest BCUT2D eigenvalue weighted by molar-refractivity contribution is -0.0387. The van der Waals surface area contributed by atoms with Gasteiger partial charge in [0.15, 0.2) is 0 Å². The number of thiophene rings is 1. The van der Waals surface area contributed by atoms with E-state index in [4.69, 9.17) is 4.74 Å². The van der Waals surface area contributed by atoms with Crippen molar-refractivity contribution in [3.63, 3.8) is 0 Å². The van der Waals surface area contributed by atoms with Crippen LogP contribution in [0, 0.1) is 6.92 Å². The number of likely N-dealkylation sites (tertiary alicyclic amines) is 1. The smallest absolute Gasteiger partial charge is 0.264 e. The second-order valence-corrected chi connectivity index (χ2v) is 7.90. The van der Waals surface area contributed by atoms with Crippen LogP contribution in [0.25, 0.3) is 0 Å². The lowest BCUT2D eigenvalue weighted by atomic mass is 9.87. The number of nitrogens with zero attached hydrogens (tertiary/aromatic N) is 2. The quantitative estimate of drug-likeness (QED) is 0.915. The normalized spacial score (nSPS) is 22.3. The summed E-state index contributed by atoms with van der Waals surface area (Å²) in [5, 5.41) is 5.45. The van der Waals surface area contributed by atoms with E-state index in [1.165, 1.54) is 11.3 Å². The van der Waals surface area contributed by atoms with E-state index < -0.39 is 0 Å². The summed E-state index contributed by atoms with van der Waals surface area (Å²) < 4.78 is 6.18. The van der Waals surface area contributed by atoms with E-state index >= 15 is 0 Å². The molecule has 1 spiro atoms. The van der Waals surface area contributed by atoms with E-state index in [0.29, 0.717) is 6.61 Å². The Balaban J connectivity index is 1.34. The molecule has 6 heteroatoms. The number of pyridine rings is 1. The van der Waals surface area contributed by atoms with Gasteiger partial charge in [-0.05, 0) is 55.3 Å². The first kappa shape index (κ1) is 16.5. The van der Waals surface area contributed by atoms with Gasteiger partial charge >= 0.3 is 0 Å². The molecule has 2 saturated heterocycles. The number of ether oxygens (including phenoxy) is 1. The van der Waals surface area contributed by atoms with Crippen molar-refractivity contribution >= 4 is 23.1 Å². The van der Waals surface area contributed by atoms with Crippen LogP contribution in [0.15, 0.2) is 35.8 Å². The van der Waals surface area contributed by atoms with Crippen LogP contribution in [0.4, 0.5) is 5.82 Å². The number of carbonyl (C=O) groups excluding carboxylic acids is 1. The zero-order valence-electron chi connectivity index (χ0n) is 14.4. The molecule has 0 saturated carbocycles. The predicted octanol–water partition coefficient (Wildman–Crippen LogP) is 3.33. The van der Waals surface area contributed by atoms with Gasteiger partial charge < -0.3 is 15.0 Å². The zero-order valence-corrected chi connectivity index (χ0v) is 15.2. The van der Waals surface area contributed by atoms with E-state index in [1.807, 2.05) is 41.5 Å². The Labute approximate surface area is 152 Å². The fourth-order valence-corrected chi connectivity index (χ4v) is 4.69. The van der Waals surface area contributed by atoms with E-state index in [0.717, 1.165) is 48.6 Å². The molecule has 4 rings (SSSR count). The van der Waals surface area contributed by atoms with Crippen molar-refractivity contribution in [2.24, 2.45) is 0 Å². The number of aromatic nitrogens is 1. The molecule has 0 unspecified atom stereocenters. The van der Waals surface area contributed by atoms with Crippen LogP contribution < -0.4 is 5.32 Å². The molecule has 1 N–H and O–H groups in total. The molecule has 0 aromatic carbocycles. The molecule has 2 aliphatic rings. The van der Waals surface area contributed by atoms with Crippen molar-refractivity contribution in [3.8, 4) is 0 Å². The maximum Gasteiger partial charge on any atom is 0.264 e. The van der Waals surface area contributed by atoms with Crippen LogP contribution in [0.5, 0.6) is 0 Å². The second kappa shape index (κ2) is 6.77. The van der Waals surface area contributed by atoms with Crippen LogP contribution in [-0.2, 0) is 4.74 Å². The molecule has 132 valence electrons. The number of hydrogen-bond donors (Lipinski definition) is 1. The molecule has 4 heterocycles. The fourth-order valence-electron chi connectivity index (χ4n) is 3.80. The highest BCUT2D eigenvalue weighted by Gasteiger charge is 2.43. The topological polar surface area (TPSA) is 54.5 Å². The maximum absolute atomic E-state index is 12.7. The number of carbonyl (C=O) groups is 1. The van der Waals surface area contributed by atoms with Crippen molar-refractivity contribution in [2.75, 3.05) is 25.0 Å². The van der Waals surface area contributed by atoms with Gasteiger partial charge in [0.2, 0.25) is 0 Å². The molecule has 1 amide bonds. The highest BCUT2D eigenvalue weighted by atomic mass is 32.1. The zero-order chi connectivity index (χ0) is 17.3. The Morgan fingerprint density at radius 1 is 1.36 bits per heavy atom. The first-order valence-electron chi connectivity index (χ1n) is 8.80. The highest BCUT2D eigenvalue weighted by molar-refractivity contribution is 7.12. The molecule has 25 heavy (non-hydrogen) atoms. The molecule has 2 aromatic rings. The van der Waals surface area contributed by atoms with E-state index in [-0.39, 0.29) is 17.6 Å². The molecular formula is C19H23N3O2S. The van der Waals surface area contributed by atoms with Gasteiger partial charge in [-0.3, -0.25) is 4.79 Å². The molecule has 5 nitrogen and oxygen atoms in total. The lowest BCUT2D eigenvalue weighted by Crippen LogP contribution is -2.46. The second-order valence-electron chi connectivity index (χ2n) is 6.98. The summed E-state index contributed by atoms with van der Waals surface area (Å²) in [6, 6.07) is 8.18. The largest absolute Gasteiger partial charge is 0.373 e. The Kier molecular flexibility index (Phi) is 4.48. The van der Waals surface area contributed by atoms with Crippen LogP contribution in [0.2, 0.25) is 0 Å². The van der Waals surface area contributed by atoms with Crippen molar-refractivity contribution in [1.82, 2.24) is 9.88 Å². The van der Waals surface area contributed by atoms with Gasteiger partial charge in [-0.2, -0.15) is 0 Å². The van der Waals surface area contributed by atoms with Crippen LogP contribution in [-0.4, -0.2) is 47.1 Å². The Bertz CT molecular complexity index is 738. The van der Waals surface area contributed by atoms with Crippen LogP contribution >= 0.6 is 11.3 Å². The standard InChI is InChI=1S/C19H23N3O2S/c1-14-5-11-25-17(14)18(23)22-9-6-19(7-10-22)12-15(13-24-19)21-16-4-2-3-8-20-16/h2-5,8,11,15H,6-7,9-10,12-13H2,1H3,(H,20,21)/t15-/m1/s1. The van der Waals surface area contributed by atoms with Crippen molar-refractivity contribution in [1.29, 1.82) is 0 Å². The summed E-state index contributed by atoms with van der Waals surface area (Å²) in [7, 11) is 0. The number of amides is 1. The minimum absolute atomic E-state index is 0.0896. The summed E-state index contributed by atoms with van der Waals surface area (Å²) in [5.74, 6) is 1.07. The minimum Gasteiger partial charge on any atom is -0.373 e. The summed E-state index contributed by atoms with van der Waals surface area (Å²) in [5.41, 5.74) is 0.986. The first-order valence-corrected chi connectivity index (χ1v) is 9.68. The highest BCUT2D eigenvalue weighted by Crippen LogP contribution is 2.37. The summed E-state index contributed by atoms with van der Waals surface area (Å²) >= 11 is 1.54. The number of aryl methyl sites for hydroxylation is 1. The monoisotopic (exact) mass is 357 g/mol. The molecule has 1 atom stereocenters. The van der Waals surface area contributed by atoms with Gasteiger partial charge in [0.05, 0.1) is 23.1 Å². The number of anilines is 1. The Morgan fingerprint density at radius 2 is 2.20 bits per heavy atom. The van der Waals surface area contributed by atoms with Crippen LogP contribution in [0.1, 0.15) is 34.5 Å². The average Bonchev–Trinajstić information content (AvgIpc) is 3.23. The van der Waals surface area contributed by atoms with Gasteiger partial charge in [0.25, 0.3) is 5.91 Å². The molecule has 2 aliphatic heterocycles. The van der Waals surface area contributed by atoms with Gasteiger partial charge in [-0.15, -0.1) is 11.3 Å². The summed E-state index contributed by atoms with van der Waals surface area (Å²) in [4.78, 5) is 19.8. The van der Waals surface area contributed by atoms with E-state index in [2.05, 4.69) is 10.3 Å². The number of piperidine rings is 1. The van der Waals surface area contributed by atoms with Gasteiger partial charge in [-0.1, -0.05) is 6.07 Å². The number of rotatable bonds is 3. The van der Waals surface area contributed by atoms with E-state index in [9.17, 15) is 4.79 Å². The first-order chi connectivity index (χ1) is 12.2. The number of hydrogen-bond acceptors (Lipinski definition) is 5. The minimum atomic E-state index is -0.0896.